The van der Waals surface area contributed by atoms with Crippen molar-refractivity contribution in [1.29, 1.82) is 0 Å². The molecule has 1 heterocycles. The van der Waals surface area contributed by atoms with E-state index in [9.17, 15) is 4.79 Å². The molecule has 1 N–H and O–H groups in total. The van der Waals surface area contributed by atoms with Gasteiger partial charge < -0.3 is 14.6 Å². The van der Waals surface area contributed by atoms with Crippen molar-refractivity contribution >= 4 is 17.9 Å². The Kier molecular flexibility index (Phi) is 6.58. The molecule has 0 saturated carbocycles. The van der Waals surface area contributed by atoms with Gasteiger partial charge in [-0.15, -0.1) is 0 Å². The molecule has 1 unspecified atom stereocenters. The Morgan fingerprint density at radius 2 is 2.14 bits per heavy atom. The van der Waals surface area contributed by atoms with Gasteiger partial charge in [0.15, 0.2) is 0 Å². The molecule has 6 heteroatoms. The third-order valence-corrected chi connectivity index (χ3v) is 3.73. The zero-order valence-corrected chi connectivity index (χ0v) is 14.7. The Morgan fingerprint density at radius 3 is 2.71 bits per heavy atom. The summed E-state index contributed by atoms with van der Waals surface area (Å²) in [6, 6.07) is 0.219. The molecule has 5 nitrogen and oxygen atoms in total. The minimum Gasteiger partial charge on any atom is -0.444 e. The monoisotopic (exact) mass is 313 g/mol. The molecular formula is C15H27N3O2S. The van der Waals surface area contributed by atoms with Gasteiger partial charge in [0.05, 0.1) is 24.3 Å². The van der Waals surface area contributed by atoms with E-state index in [2.05, 4.69) is 28.0 Å². The van der Waals surface area contributed by atoms with E-state index >= 15 is 0 Å². The van der Waals surface area contributed by atoms with Gasteiger partial charge >= 0.3 is 6.09 Å². The van der Waals surface area contributed by atoms with E-state index in [1.54, 1.807) is 6.20 Å². The average molecular weight is 313 g/mol. The van der Waals surface area contributed by atoms with Gasteiger partial charge in [-0.3, -0.25) is 0 Å². The fraction of sp³-hybridized carbons (Fsp3) is 0.733. The van der Waals surface area contributed by atoms with Crippen molar-refractivity contribution in [2.75, 3.05) is 12.0 Å². The van der Waals surface area contributed by atoms with Crippen molar-refractivity contribution in [3.8, 4) is 0 Å². The number of alkyl carbamates (subject to hydrolysis) is 1. The summed E-state index contributed by atoms with van der Waals surface area (Å²) < 4.78 is 7.41. The van der Waals surface area contributed by atoms with Crippen molar-refractivity contribution in [2.24, 2.45) is 0 Å². The highest BCUT2D eigenvalue weighted by atomic mass is 32.2. The zero-order chi connectivity index (χ0) is 16.0. The summed E-state index contributed by atoms with van der Waals surface area (Å²) >= 11 is 1.83. The van der Waals surface area contributed by atoms with Crippen LogP contribution < -0.4 is 5.32 Å². The SMILES string of the molecule is CSCCC(C)n1cncc1[C@@H](C)NC(=O)OC(C)(C)C. The van der Waals surface area contributed by atoms with Gasteiger partial charge in [0.2, 0.25) is 0 Å². The van der Waals surface area contributed by atoms with Gasteiger partial charge in [0, 0.05) is 6.04 Å². The van der Waals surface area contributed by atoms with Gasteiger partial charge in [-0.1, -0.05) is 0 Å². The molecule has 0 saturated heterocycles. The maximum atomic E-state index is 11.9. The number of carbonyl (C=O) groups excluding carboxylic acids is 1. The van der Waals surface area contributed by atoms with Crippen molar-refractivity contribution in [3.05, 3.63) is 18.2 Å². The fourth-order valence-electron chi connectivity index (χ4n) is 2.00. The molecule has 1 rings (SSSR count). The van der Waals surface area contributed by atoms with Crippen LogP contribution in [-0.4, -0.2) is 33.3 Å². The van der Waals surface area contributed by atoms with E-state index in [1.165, 1.54) is 0 Å². The van der Waals surface area contributed by atoms with Crippen LogP contribution in [-0.2, 0) is 4.74 Å². The summed E-state index contributed by atoms with van der Waals surface area (Å²) in [6.07, 6.45) is 6.41. The van der Waals surface area contributed by atoms with E-state index < -0.39 is 11.7 Å². The molecule has 0 fully saturated rings. The molecule has 0 aliphatic carbocycles. The number of thioether (sulfide) groups is 1. The third kappa shape index (κ3) is 5.99. The second-order valence-corrected chi connectivity index (χ2v) is 7.21. The first-order valence-corrected chi connectivity index (χ1v) is 8.64. The van der Waals surface area contributed by atoms with Crippen LogP contribution in [0.25, 0.3) is 0 Å². The van der Waals surface area contributed by atoms with Crippen LogP contribution in [0.4, 0.5) is 4.79 Å². The largest absolute Gasteiger partial charge is 0.444 e. The van der Waals surface area contributed by atoms with Crippen molar-refractivity contribution in [1.82, 2.24) is 14.9 Å². The Labute approximate surface area is 131 Å². The molecule has 0 aliphatic heterocycles. The highest BCUT2D eigenvalue weighted by Gasteiger charge is 2.20. The summed E-state index contributed by atoms with van der Waals surface area (Å²) in [4.78, 5) is 16.1. The Morgan fingerprint density at radius 1 is 1.48 bits per heavy atom. The van der Waals surface area contributed by atoms with Crippen LogP contribution in [0.15, 0.2) is 12.5 Å². The number of ether oxygens (including phenoxy) is 1. The number of aromatic nitrogens is 2. The topological polar surface area (TPSA) is 56.2 Å². The molecule has 0 aliphatic rings. The Hall–Kier alpha value is -1.17. The van der Waals surface area contributed by atoms with Gasteiger partial charge in [-0.25, -0.2) is 9.78 Å². The van der Waals surface area contributed by atoms with Crippen LogP contribution in [0.1, 0.15) is 58.8 Å². The summed E-state index contributed by atoms with van der Waals surface area (Å²) in [6.45, 7) is 9.67. The minimum absolute atomic E-state index is 0.140. The molecule has 0 aromatic carbocycles. The number of amides is 1. The summed E-state index contributed by atoms with van der Waals surface area (Å²) in [5.41, 5.74) is 0.504. The number of carbonyl (C=O) groups is 1. The normalized spacial score (nSPS) is 14.6. The predicted octanol–water partition coefficient (Wildman–Crippen LogP) is 3.78. The molecule has 0 bridgehead atoms. The lowest BCUT2D eigenvalue weighted by molar-refractivity contribution is 0.0506. The molecule has 2 atom stereocenters. The van der Waals surface area contributed by atoms with Gasteiger partial charge in [-0.05, 0) is 53.0 Å². The molecule has 0 spiro atoms. The number of nitrogens with one attached hydrogen (secondary N) is 1. The molecular weight excluding hydrogens is 286 g/mol. The lowest BCUT2D eigenvalue weighted by Crippen LogP contribution is -2.34. The van der Waals surface area contributed by atoms with Crippen LogP contribution >= 0.6 is 11.8 Å². The fourth-order valence-corrected chi connectivity index (χ4v) is 2.58. The first-order valence-electron chi connectivity index (χ1n) is 7.24. The Balaban J connectivity index is 2.68. The quantitative estimate of drug-likeness (QED) is 0.868. The predicted molar refractivity (Wildman–Crippen MR) is 87.7 cm³/mol. The summed E-state index contributed by atoms with van der Waals surface area (Å²) in [5.74, 6) is 1.10. The average Bonchev–Trinajstić information content (AvgIpc) is 2.82. The molecule has 120 valence electrons. The molecule has 21 heavy (non-hydrogen) atoms. The van der Waals surface area contributed by atoms with Crippen LogP contribution in [0.5, 0.6) is 0 Å². The van der Waals surface area contributed by atoms with Crippen LogP contribution in [0.2, 0.25) is 0 Å². The standard InChI is InChI=1S/C15H27N3O2S/c1-11(7-8-21-6)18-10-16-9-13(18)12(2)17-14(19)20-15(3,4)5/h9-12H,7-8H2,1-6H3,(H,17,19)/t11?,12-/m1/s1. The lowest BCUT2D eigenvalue weighted by atomic mass is 10.2. The molecule has 1 aromatic rings. The summed E-state index contributed by atoms with van der Waals surface area (Å²) in [5, 5.41) is 2.86. The number of hydrogen-bond donors (Lipinski definition) is 1. The second-order valence-electron chi connectivity index (χ2n) is 6.22. The van der Waals surface area contributed by atoms with Crippen molar-refractivity contribution in [2.45, 2.75) is 58.7 Å². The second kappa shape index (κ2) is 7.73. The first kappa shape index (κ1) is 17.9. The first-order chi connectivity index (χ1) is 9.74. The minimum atomic E-state index is -0.490. The number of imidazole rings is 1. The van der Waals surface area contributed by atoms with Crippen LogP contribution in [0, 0.1) is 0 Å². The van der Waals surface area contributed by atoms with Crippen molar-refractivity contribution in [3.63, 3.8) is 0 Å². The van der Waals surface area contributed by atoms with Gasteiger partial charge in [-0.2, -0.15) is 11.8 Å². The van der Waals surface area contributed by atoms with Crippen molar-refractivity contribution < 1.29 is 9.53 Å². The maximum absolute atomic E-state index is 11.9. The number of nitrogens with zero attached hydrogens (tertiary/aromatic N) is 2. The van der Waals surface area contributed by atoms with E-state index in [-0.39, 0.29) is 6.04 Å². The zero-order valence-electron chi connectivity index (χ0n) is 13.8. The summed E-state index contributed by atoms with van der Waals surface area (Å²) in [7, 11) is 0. The molecule has 0 radical (unpaired) electrons. The maximum Gasteiger partial charge on any atom is 0.408 e. The van der Waals surface area contributed by atoms with E-state index in [1.807, 2.05) is 45.8 Å². The highest BCUT2D eigenvalue weighted by Crippen LogP contribution is 2.21. The third-order valence-electron chi connectivity index (χ3n) is 3.09. The highest BCUT2D eigenvalue weighted by molar-refractivity contribution is 7.98. The molecule has 1 amide bonds. The Bertz CT molecular complexity index is 454. The van der Waals surface area contributed by atoms with Crippen LogP contribution in [0.3, 0.4) is 0 Å². The van der Waals surface area contributed by atoms with E-state index in [4.69, 9.17) is 4.74 Å². The lowest BCUT2D eigenvalue weighted by Gasteiger charge is -2.23. The number of hydrogen-bond acceptors (Lipinski definition) is 4. The van der Waals surface area contributed by atoms with Gasteiger partial charge in [0.25, 0.3) is 0 Å². The molecule has 1 aromatic heterocycles. The van der Waals surface area contributed by atoms with E-state index in [0.29, 0.717) is 6.04 Å². The smallest absolute Gasteiger partial charge is 0.408 e. The van der Waals surface area contributed by atoms with E-state index in [0.717, 1.165) is 17.9 Å². The van der Waals surface area contributed by atoms with Gasteiger partial charge in [0.1, 0.15) is 5.60 Å². The number of rotatable bonds is 6.